The molecule has 2 aromatic rings. The van der Waals surface area contributed by atoms with Crippen LogP contribution in [0.2, 0.25) is 5.15 Å². The SMILES string of the molecule is COCc1nc(Cl)cc(Nc2cc(Br)c(F)cc2C)n1. The quantitative estimate of drug-likeness (QED) is 0.829. The molecule has 1 N–H and O–H groups in total. The summed E-state index contributed by atoms with van der Waals surface area (Å²) < 4.78 is 18.7. The van der Waals surface area contributed by atoms with Gasteiger partial charge < -0.3 is 10.1 Å². The number of rotatable bonds is 4. The summed E-state index contributed by atoms with van der Waals surface area (Å²) in [6, 6.07) is 4.68. The number of anilines is 2. The van der Waals surface area contributed by atoms with E-state index < -0.39 is 0 Å². The highest BCUT2D eigenvalue weighted by molar-refractivity contribution is 9.10. The standard InChI is InChI=1S/C13H12BrClFN3O/c1-7-3-9(16)8(14)4-10(7)17-12-5-11(15)18-13(19-12)6-20-2/h3-5H,6H2,1-2H3,(H,17,18,19). The highest BCUT2D eigenvalue weighted by Gasteiger charge is 2.08. The lowest BCUT2D eigenvalue weighted by atomic mass is 10.2. The molecule has 20 heavy (non-hydrogen) atoms. The third-order valence-electron chi connectivity index (χ3n) is 2.54. The van der Waals surface area contributed by atoms with Gasteiger partial charge in [0.1, 0.15) is 23.4 Å². The van der Waals surface area contributed by atoms with Crippen molar-refractivity contribution in [3.63, 3.8) is 0 Å². The molecule has 4 nitrogen and oxygen atoms in total. The van der Waals surface area contributed by atoms with E-state index in [9.17, 15) is 4.39 Å². The van der Waals surface area contributed by atoms with E-state index in [4.69, 9.17) is 16.3 Å². The number of ether oxygens (including phenoxy) is 1. The van der Waals surface area contributed by atoms with Crippen LogP contribution in [0.1, 0.15) is 11.4 Å². The van der Waals surface area contributed by atoms with Gasteiger partial charge in [0.25, 0.3) is 0 Å². The molecule has 0 spiro atoms. The maximum atomic E-state index is 13.4. The van der Waals surface area contributed by atoms with Gasteiger partial charge in [0.15, 0.2) is 5.82 Å². The lowest BCUT2D eigenvalue weighted by Gasteiger charge is -2.11. The fourth-order valence-corrected chi connectivity index (χ4v) is 2.19. The summed E-state index contributed by atoms with van der Waals surface area (Å²) in [4.78, 5) is 8.31. The summed E-state index contributed by atoms with van der Waals surface area (Å²) in [5.41, 5.74) is 1.49. The van der Waals surface area contributed by atoms with E-state index in [0.29, 0.717) is 21.3 Å². The van der Waals surface area contributed by atoms with Crippen molar-refractivity contribution in [3.8, 4) is 0 Å². The van der Waals surface area contributed by atoms with Crippen LogP contribution in [-0.4, -0.2) is 17.1 Å². The Hall–Kier alpha value is -1.24. The molecule has 0 bridgehead atoms. The maximum Gasteiger partial charge on any atom is 0.158 e. The van der Waals surface area contributed by atoms with E-state index in [1.54, 1.807) is 26.2 Å². The number of nitrogens with zero attached hydrogens (tertiary/aromatic N) is 2. The Balaban J connectivity index is 2.32. The summed E-state index contributed by atoms with van der Waals surface area (Å²) in [7, 11) is 1.55. The molecule has 0 aliphatic rings. The van der Waals surface area contributed by atoms with Crippen molar-refractivity contribution >= 4 is 39.0 Å². The minimum Gasteiger partial charge on any atom is -0.377 e. The Morgan fingerprint density at radius 3 is 2.80 bits per heavy atom. The monoisotopic (exact) mass is 359 g/mol. The molecule has 106 valence electrons. The molecular weight excluding hydrogens is 349 g/mol. The number of nitrogens with one attached hydrogen (secondary N) is 1. The van der Waals surface area contributed by atoms with Gasteiger partial charge in [-0.2, -0.15) is 0 Å². The summed E-state index contributed by atoms with van der Waals surface area (Å²) in [5.74, 6) is 0.689. The second kappa shape index (κ2) is 6.47. The highest BCUT2D eigenvalue weighted by atomic mass is 79.9. The van der Waals surface area contributed by atoms with E-state index in [1.165, 1.54) is 6.07 Å². The fraction of sp³-hybridized carbons (Fsp3) is 0.231. The molecule has 0 saturated carbocycles. The smallest absolute Gasteiger partial charge is 0.158 e. The number of methoxy groups -OCH3 is 1. The van der Waals surface area contributed by atoms with Gasteiger partial charge in [0.05, 0.1) is 4.47 Å². The summed E-state index contributed by atoms with van der Waals surface area (Å²) in [5, 5.41) is 3.41. The van der Waals surface area contributed by atoms with Crippen molar-refractivity contribution in [2.75, 3.05) is 12.4 Å². The van der Waals surface area contributed by atoms with Gasteiger partial charge >= 0.3 is 0 Å². The number of aryl methyl sites for hydroxylation is 1. The normalized spacial score (nSPS) is 10.7. The molecule has 1 aromatic carbocycles. The second-order valence-electron chi connectivity index (χ2n) is 4.13. The molecule has 0 radical (unpaired) electrons. The first kappa shape index (κ1) is 15.2. The molecule has 0 aliphatic heterocycles. The van der Waals surface area contributed by atoms with E-state index in [-0.39, 0.29) is 12.4 Å². The Kier molecular flexibility index (Phi) is 4.91. The lowest BCUT2D eigenvalue weighted by molar-refractivity contribution is 0.178. The average Bonchev–Trinajstić information content (AvgIpc) is 2.35. The lowest BCUT2D eigenvalue weighted by Crippen LogP contribution is -2.02. The summed E-state index contributed by atoms with van der Waals surface area (Å²) >= 11 is 9.09. The van der Waals surface area contributed by atoms with Gasteiger partial charge in [0, 0.05) is 18.9 Å². The van der Waals surface area contributed by atoms with Crippen molar-refractivity contribution in [1.82, 2.24) is 9.97 Å². The van der Waals surface area contributed by atoms with Gasteiger partial charge in [-0.25, -0.2) is 14.4 Å². The zero-order valence-electron chi connectivity index (χ0n) is 10.9. The van der Waals surface area contributed by atoms with Crippen molar-refractivity contribution in [2.45, 2.75) is 13.5 Å². The van der Waals surface area contributed by atoms with Crippen LogP contribution in [0, 0.1) is 12.7 Å². The molecule has 0 aliphatic carbocycles. The topological polar surface area (TPSA) is 47.0 Å². The molecule has 0 fully saturated rings. The first-order valence-electron chi connectivity index (χ1n) is 5.74. The Labute approximate surface area is 129 Å². The minimum atomic E-state index is -0.311. The van der Waals surface area contributed by atoms with Crippen molar-refractivity contribution in [1.29, 1.82) is 0 Å². The van der Waals surface area contributed by atoms with Crippen LogP contribution in [0.4, 0.5) is 15.9 Å². The number of halogens is 3. The third-order valence-corrected chi connectivity index (χ3v) is 3.35. The van der Waals surface area contributed by atoms with Crippen LogP contribution in [0.3, 0.4) is 0 Å². The fourth-order valence-electron chi connectivity index (χ4n) is 1.64. The molecule has 0 amide bonds. The van der Waals surface area contributed by atoms with Crippen LogP contribution in [0.5, 0.6) is 0 Å². The van der Waals surface area contributed by atoms with Crippen LogP contribution >= 0.6 is 27.5 Å². The van der Waals surface area contributed by atoms with Gasteiger partial charge in [0.2, 0.25) is 0 Å². The van der Waals surface area contributed by atoms with Gasteiger partial charge in [-0.15, -0.1) is 0 Å². The highest BCUT2D eigenvalue weighted by Crippen LogP contribution is 2.27. The average molecular weight is 361 g/mol. The Morgan fingerprint density at radius 1 is 1.35 bits per heavy atom. The molecule has 0 unspecified atom stereocenters. The zero-order valence-corrected chi connectivity index (χ0v) is 13.2. The zero-order chi connectivity index (χ0) is 14.7. The van der Waals surface area contributed by atoms with Crippen molar-refractivity contribution in [3.05, 3.63) is 45.0 Å². The predicted octanol–water partition coefficient (Wildman–Crippen LogP) is 4.23. The number of hydrogen-bond donors (Lipinski definition) is 1. The molecule has 0 atom stereocenters. The van der Waals surface area contributed by atoms with E-state index >= 15 is 0 Å². The van der Waals surface area contributed by atoms with Crippen LogP contribution in [-0.2, 0) is 11.3 Å². The van der Waals surface area contributed by atoms with Crippen molar-refractivity contribution in [2.24, 2.45) is 0 Å². The van der Waals surface area contributed by atoms with Crippen LogP contribution in [0.15, 0.2) is 22.7 Å². The molecule has 7 heteroatoms. The molecule has 2 rings (SSSR count). The second-order valence-corrected chi connectivity index (χ2v) is 5.37. The first-order valence-corrected chi connectivity index (χ1v) is 6.91. The van der Waals surface area contributed by atoms with E-state index in [0.717, 1.165) is 11.3 Å². The van der Waals surface area contributed by atoms with Gasteiger partial charge in [-0.3, -0.25) is 0 Å². The van der Waals surface area contributed by atoms with E-state index in [1.807, 2.05) is 0 Å². The van der Waals surface area contributed by atoms with Gasteiger partial charge in [-0.05, 0) is 40.5 Å². The van der Waals surface area contributed by atoms with E-state index in [2.05, 4.69) is 31.2 Å². The predicted molar refractivity (Wildman–Crippen MR) is 79.9 cm³/mol. The van der Waals surface area contributed by atoms with Crippen LogP contribution < -0.4 is 5.32 Å². The Bertz CT molecular complexity index is 639. The molecular formula is C13H12BrClFN3O. The van der Waals surface area contributed by atoms with Gasteiger partial charge in [-0.1, -0.05) is 11.6 Å². The molecule has 1 heterocycles. The first-order chi connectivity index (χ1) is 9.49. The molecule has 0 saturated heterocycles. The summed E-state index contributed by atoms with van der Waals surface area (Å²) in [6.45, 7) is 2.07. The number of benzene rings is 1. The molecule has 1 aromatic heterocycles. The number of aromatic nitrogens is 2. The number of hydrogen-bond acceptors (Lipinski definition) is 4. The maximum absolute atomic E-state index is 13.4. The Morgan fingerprint density at radius 2 is 2.10 bits per heavy atom. The largest absolute Gasteiger partial charge is 0.377 e. The third kappa shape index (κ3) is 3.65. The van der Waals surface area contributed by atoms with Crippen molar-refractivity contribution < 1.29 is 9.13 Å². The summed E-state index contributed by atoms with van der Waals surface area (Å²) in [6.07, 6.45) is 0. The van der Waals surface area contributed by atoms with Crippen LogP contribution in [0.25, 0.3) is 0 Å². The minimum absolute atomic E-state index is 0.265.